The Bertz CT molecular complexity index is 1040. The highest BCUT2D eigenvalue weighted by Gasteiger charge is 2.33. The molecule has 1 aromatic carbocycles. The predicted molar refractivity (Wildman–Crippen MR) is 100.0 cm³/mol. The molecule has 0 saturated carbocycles. The van der Waals surface area contributed by atoms with E-state index >= 15 is 0 Å². The minimum absolute atomic E-state index is 0.344. The van der Waals surface area contributed by atoms with Gasteiger partial charge in [0.1, 0.15) is 15.4 Å². The first-order valence-electron chi connectivity index (χ1n) is 7.94. The van der Waals surface area contributed by atoms with Crippen molar-refractivity contribution < 1.29 is 17.4 Å². The molecule has 2 unspecified atom stereocenters. The van der Waals surface area contributed by atoms with Gasteiger partial charge in [-0.2, -0.15) is 13.2 Å². The smallest absolute Gasteiger partial charge is 0.251 e. The minimum Gasteiger partial charge on any atom is -0.251 e. The summed E-state index contributed by atoms with van der Waals surface area (Å²) >= 11 is 1.27. The van der Waals surface area contributed by atoms with Crippen LogP contribution in [0.2, 0.25) is 0 Å². The predicted octanol–water partition coefficient (Wildman–Crippen LogP) is 5.44. The first-order valence-corrected chi connectivity index (χ1v) is 10.3. The molecule has 27 heavy (non-hydrogen) atoms. The van der Waals surface area contributed by atoms with Crippen LogP contribution in [0.1, 0.15) is 23.4 Å². The molecule has 0 saturated heterocycles. The summed E-state index contributed by atoms with van der Waals surface area (Å²) in [6, 6.07) is 11.7. The molecule has 0 bridgehead atoms. The Morgan fingerprint density at radius 3 is 2.33 bits per heavy atom. The summed E-state index contributed by atoms with van der Waals surface area (Å²) < 4.78 is 56.0. The van der Waals surface area contributed by atoms with Crippen molar-refractivity contribution in [1.29, 1.82) is 0 Å². The number of rotatable bonds is 4. The van der Waals surface area contributed by atoms with E-state index in [9.17, 15) is 17.4 Å². The lowest BCUT2D eigenvalue weighted by molar-refractivity contribution is -0.141. The van der Waals surface area contributed by atoms with Gasteiger partial charge in [-0.05, 0) is 24.1 Å². The molecule has 3 rings (SSSR count). The van der Waals surface area contributed by atoms with Gasteiger partial charge in [0, 0.05) is 19.4 Å². The van der Waals surface area contributed by atoms with E-state index in [1.165, 1.54) is 24.5 Å². The van der Waals surface area contributed by atoms with E-state index in [-0.39, 0.29) is 0 Å². The van der Waals surface area contributed by atoms with Gasteiger partial charge < -0.3 is 0 Å². The highest BCUT2D eigenvalue weighted by molar-refractivity contribution is 7.95. The molecule has 2 heterocycles. The van der Waals surface area contributed by atoms with Gasteiger partial charge in [-0.3, -0.25) is 4.98 Å². The summed E-state index contributed by atoms with van der Waals surface area (Å²) in [6.07, 6.45) is -1.78. The number of aromatic nitrogens is 2. The van der Waals surface area contributed by atoms with Crippen LogP contribution in [0.25, 0.3) is 10.4 Å². The van der Waals surface area contributed by atoms with Crippen molar-refractivity contribution >= 4 is 21.1 Å². The highest BCUT2D eigenvalue weighted by atomic mass is 32.2. The Hall–Kier alpha value is -2.26. The van der Waals surface area contributed by atoms with Crippen molar-refractivity contribution in [3.8, 4) is 10.4 Å². The maximum atomic E-state index is 13.5. The molecule has 0 N–H and O–H groups in total. The summed E-state index contributed by atoms with van der Waals surface area (Å²) in [6.45, 7) is 1.66. The van der Waals surface area contributed by atoms with E-state index < -0.39 is 26.8 Å². The normalized spacial score (nSPS) is 15.1. The molecule has 0 amide bonds. The topological polar surface area (TPSA) is 55.2 Å². The number of halogens is 3. The fraction of sp³-hybridized carbons (Fsp3) is 0.222. The molecule has 4 nitrogen and oxygen atoms in total. The van der Waals surface area contributed by atoms with Crippen molar-refractivity contribution in [3.63, 3.8) is 0 Å². The Labute approximate surface area is 159 Å². The molecular weight excluding hydrogens is 395 g/mol. The average molecular weight is 411 g/mol. The summed E-state index contributed by atoms with van der Waals surface area (Å²) in [7, 11) is -1.53. The molecule has 2 atom stereocenters. The van der Waals surface area contributed by atoms with E-state index in [1.54, 1.807) is 13.1 Å². The van der Waals surface area contributed by atoms with Gasteiger partial charge in [0.25, 0.3) is 0 Å². The van der Waals surface area contributed by atoms with Gasteiger partial charge in [-0.25, -0.2) is 13.6 Å². The quantitative estimate of drug-likeness (QED) is 0.574. The second kappa shape index (κ2) is 7.40. The second-order valence-corrected chi connectivity index (χ2v) is 9.61. The highest BCUT2D eigenvalue weighted by Crippen LogP contribution is 2.36. The number of thiazole rings is 1. The third-order valence-corrected chi connectivity index (χ3v) is 8.28. The summed E-state index contributed by atoms with van der Waals surface area (Å²) in [5, 5.41) is -0.660. The van der Waals surface area contributed by atoms with Crippen LogP contribution in [0.3, 0.4) is 0 Å². The van der Waals surface area contributed by atoms with E-state index in [1.807, 2.05) is 30.3 Å². The second-order valence-electron chi connectivity index (χ2n) is 5.72. The lowest BCUT2D eigenvalue weighted by Crippen LogP contribution is -2.12. The molecule has 0 aliphatic carbocycles. The number of hydrogen-bond donors (Lipinski definition) is 0. The number of hydrogen-bond acceptors (Lipinski definition) is 5. The van der Waals surface area contributed by atoms with Gasteiger partial charge in [0.05, 0.1) is 10.1 Å². The molecule has 0 fully saturated rings. The van der Waals surface area contributed by atoms with Gasteiger partial charge in [0.2, 0.25) is 0 Å². The van der Waals surface area contributed by atoms with E-state index in [0.29, 0.717) is 9.90 Å². The number of alkyl halides is 3. The summed E-state index contributed by atoms with van der Waals surface area (Å²) in [5.74, 6) is 0. The Morgan fingerprint density at radius 1 is 1.07 bits per heavy atom. The van der Waals surface area contributed by atoms with Gasteiger partial charge in [-0.1, -0.05) is 36.4 Å². The Morgan fingerprint density at radius 2 is 1.78 bits per heavy atom. The van der Waals surface area contributed by atoms with Crippen molar-refractivity contribution in [2.75, 3.05) is 7.05 Å². The Kier molecular flexibility index (Phi) is 5.34. The summed E-state index contributed by atoms with van der Waals surface area (Å²) in [5.41, 5.74) is 0.372. The van der Waals surface area contributed by atoms with E-state index in [4.69, 9.17) is 0 Å². The van der Waals surface area contributed by atoms with Crippen LogP contribution in [0, 0.1) is 0 Å². The van der Waals surface area contributed by atoms with Crippen LogP contribution in [0.15, 0.2) is 63.6 Å². The third-order valence-electron chi connectivity index (χ3n) is 4.09. The molecule has 0 aliphatic heterocycles. The van der Waals surface area contributed by atoms with Crippen LogP contribution in [0.5, 0.6) is 0 Å². The first-order chi connectivity index (χ1) is 12.8. The van der Waals surface area contributed by atoms with Crippen LogP contribution in [-0.4, -0.2) is 21.2 Å². The van der Waals surface area contributed by atoms with Crippen molar-refractivity contribution in [1.82, 2.24) is 9.97 Å². The standard InChI is InChI=1S/C18H16F3N3OS2/c1-12(14-8-9-16(23-10-14)18(19,20)21)27(25,22-2)17-24-11-15(26-17)13-6-4-3-5-7-13/h3-12H,1-2H3. The molecular formula is C18H16F3N3OS2. The molecule has 0 radical (unpaired) electrons. The lowest BCUT2D eigenvalue weighted by Gasteiger charge is -2.16. The fourth-order valence-corrected chi connectivity index (χ4v) is 6.06. The van der Waals surface area contributed by atoms with Gasteiger partial charge in [-0.15, -0.1) is 11.3 Å². The van der Waals surface area contributed by atoms with Crippen LogP contribution >= 0.6 is 11.3 Å². The van der Waals surface area contributed by atoms with Crippen LogP contribution in [-0.2, 0) is 15.9 Å². The zero-order chi connectivity index (χ0) is 19.7. The molecule has 3 aromatic rings. The van der Waals surface area contributed by atoms with Gasteiger partial charge >= 0.3 is 6.18 Å². The van der Waals surface area contributed by atoms with Gasteiger partial charge in [0.15, 0.2) is 4.34 Å². The number of benzene rings is 1. The molecule has 0 spiro atoms. The molecule has 142 valence electrons. The molecule has 9 heteroatoms. The van der Waals surface area contributed by atoms with Crippen molar-refractivity contribution in [2.24, 2.45) is 4.36 Å². The SMILES string of the molecule is CN=S(=O)(c1ncc(-c2ccccc2)s1)C(C)c1ccc(C(F)(F)F)nc1. The maximum absolute atomic E-state index is 13.5. The fourth-order valence-electron chi connectivity index (χ4n) is 2.51. The monoisotopic (exact) mass is 411 g/mol. The average Bonchev–Trinajstić information content (AvgIpc) is 3.18. The maximum Gasteiger partial charge on any atom is 0.433 e. The zero-order valence-corrected chi connectivity index (χ0v) is 16.1. The van der Waals surface area contributed by atoms with Crippen LogP contribution < -0.4 is 0 Å². The van der Waals surface area contributed by atoms with Crippen LogP contribution in [0.4, 0.5) is 13.2 Å². The van der Waals surface area contributed by atoms with E-state index in [2.05, 4.69) is 14.3 Å². The zero-order valence-electron chi connectivity index (χ0n) is 14.5. The molecule has 0 aliphatic rings. The Balaban J connectivity index is 1.96. The molecule has 2 aromatic heterocycles. The van der Waals surface area contributed by atoms with Crippen molar-refractivity contribution in [2.45, 2.75) is 22.7 Å². The lowest BCUT2D eigenvalue weighted by atomic mass is 10.2. The third kappa shape index (κ3) is 3.89. The number of nitrogens with zero attached hydrogens (tertiary/aromatic N) is 3. The largest absolute Gasteiger partial charge is 0.433 e. The van der Waals surface area contributed by atoms with Crippen molar-refractivity contribution in [3.05, 3.63) is 66.1 Å². The minimum atomic E-state index is -4.52. The van der Waals surface area contributed by atoms with E-state index in [0.717, 1.165) is 22.7 Å². The summed E-state index contributed by atoms with van der Waals surface area (Å²) in [4.78, 5) is 8.59. The number of pyridine rings is 1. The first kappa shape index (κ1) is 19.5.